The maximum absolute atomic E-state index is 12.9. The van der Waals surface area contributed by atoms with Gasteiger partial charge in [0.15, 0.2) is 11.6 Å². The van der Waals surface area contributed by atoms with Crippen LogP contribution in [-0.4, -0.2) is 18.4 Å². The van der Waals surface area contributed by atoms with Gasteiger partial charge < -0.3 is 5.32 Å². The Bertz CT molecular complexity index is 1290. The maximum Gasteiger partial charge on any atom is 0.263 e. The van der Waals surface area contributed by atoms with E-state index in [1.165, 1.54) is 0 Å². The van der Waals surface area contributed by atoms with Crippen molar-refractivity contribution in [3.8, 4) is 0 Å². The summed E-state index contributed by atoms with van der Waals surface area (Å²) in [6, 6.07) is 21.4. The minimum Gasteiger partial charge on any atom is -0.337 e. The van der Waals surface area contributed by atoms with Crippen LogP contribution in [0.5, 0.6) is 0 Å². The Morgan fingerprint density at radius 1 is 0.828 bits per heavy atom. The van der Waals surface area contributed by atoms with E-state index in [1.54, 1.807) is 30.3 Å². The molecule has 1 heterocycles. The zero-order chi connectivity index (χ0) is 20.4. The van der Waals surface area contributed by atoms with Gasteiger partial charge in [-0.15, -0.1) is 0 Å². The van der Waals surface area contributed by atoms with Gasteiger partial charge in [-0.05, 0) is 49.4 Å². The van der Waals surface area contributed by atoms with E-state index < -0.39 is 10.0 Å². The van der Waals surface area contributed by atoms with Crippen molar-refractivity contribution in [1.82, 2.24) is 9.97 Å². The van der Waals surface area contributed by atoms with Crippen LogP contribution >= 0.6 is 15.9 Å². The third kappa shape index (κ3) is 4.38. The molecule has 3 aromatic carbocycles. The van der Waals surface area contributed by atoms with Gasteiger partial charge in [-0.3, -0.25) is 4.72 Å². The Hall–Kier alpha value is -2.97. The molecule has 4 aromatic rings. The Morgan fingerprint density at radius 3 is 2.14 bits per heavy atom. The molecule has 0 spiro atoms. The van der Waals surface area contributed by atoms with E-state index in [2.05, 4.69) is 35.9 Å². The summed E-state index contributed by atoms with van der Waals surface area (Å²) < 4.78 is 29.2. The first-order valence-corrected chi connectivity index (χ1v) is 11.1. The van der Waals surface area contributed by atoms with Crippen LogP contribution in [-0.2, 0) is 10.0 Å². The van der Waals surface area contributed by atoms with Crippen LogP contribution in [0.25, 0.3) is 11.0 Å². The van der Waals surface area contributed by atoms with Crippen molar-refractivity contribution in [2.45, 2.75) is 11.8 Å². The second-order valence-corrected chi connectivity index (χ2v) is 9.06. The topological polar surface area (TPSA) is 84.0 Å². The number of rotatable bonds is 5. The second kappa shape index (κ2) is 7.81. The van der Waals surface area contributed by atoms with E-state index in [1.807, 2.05) is 49.4 Å². The summed E-state index contributed by atoms with van der Waals surface area (Å²) in [4.78, 5) is 9.23. The largest absolute Gasteiger partial charge is 0.337 e. The Kier molecular flexibility index (Phi) is 5.21. The third-order valence-corrected chi connectivity index (χ3v) is 6.07. The van der Waals surface area contributed by atoms with Crippen molar-refractivity contribution in [3.05, 3.63) is 82.8 Å². The van der Waals surface area contributed by atoms with Gasteiger partial charge >= 0.3 is 0 Å². The number of hydrogen-bond donors (Lipinski definition) is 2. The molecule has 4 rings (SSSR count). The predicted octanol–water partition coefficient (Wildman–Crippen LogP) is 5.25. The number of anilines is 3. The molecule has 0 amide bonds. The minimum atomic E-state index is -3.82. The molecule has 0 aliphatic rings. The van der Waals surface area contributed by atoms with E-state index in [4.69, 9.17) is 0 Å². The highest BCUT2D eigenvalue weighted by Gasteiger charge is 2.19. The van der Waals surface area contributed by atoms with Gasteiger partial charge in [0.2, 0.25) is 0 Å². The van der Waals surface area contributed by atoms with Crippen molar-refractivity contribution < 1.29 is 8.42 Å². The average Bonchev–Trinajstić information content (AvgIpc) is 2.68. The molecule has 2 N–H and O–H groups in total. The molecule has 0 saturated heterocycles. The molecule has 0 radical (unpaired) electrons. The summed E-state index contributed by atoms with van der Waals surface area (Å²) >= 11 is 3.43. The number of aryl methyl sites for hydroxylation is 1. The smallest absolute Gasteiger partial charge is 0.263 e. The fraction of sp³-hybridized carbons (Fsp3) is 0.0476. The van der Waals surface area contributed by atoms with Crippen molar-refractivity contribution >= 4 is 54.3 Å². The number of hydrogen-bond acceptors (Lipinski definition) is 5. The molecule has 0 aliphatic heterocycles. The second-order valence-electron chi connectivity index (χ2n) is 6.46. The molecule has 6 nitrogen and oxygen atoms in total. The Balaban J connectivity index is 1.78. The van der Waals surface area contributed by atoms with Crippen LogP contribution in [0, 0.1) is 6.92 Å². The standard InChI is InChI=1S/C21H17BrN4O2S/c1-14-9-11-17(12-10-14)29(27,28)26-21-20(23-16-6-4-5-15(22)13-16)24-18-7-2-3-8-19(18)25-21/h2-13H,1H3,(H,23,24)(H,25,26). The number of fused-ring (bicyclic) bond motifs is 1. The minimum absolute atomic E-state index is 0.129. The average molecular weight is 469 g/mol. The fourth-order valence-electron chi connectivity index (χ4n) is 2.76. The number of benzene rings is 3. The molecular weight excluding hydrogens is 452 g/mol. The summed E-state index contributed by atoms with van der Waals surface area (Å²) in [5, 5.41) is 3.16. The third-order valence-electron chi connectivity index (χ3n) is 4.22. The van der Waals surface area contributed by atoms with Gasteiger partial charge in [-0.1, -0.05) is 51.8 Å². The van der Waals surface area contributed by atoms with Gasteiger partial charge in [0.25, 0.3) is 10.0 Å². The van der Waals surface area contributed by atoms with Crippen LogP contribution < -0.4 is 10.0 Å². The first-order valence-electron chi connectivity index (χ1n) is 8.80. The molecule has 0 saturated carbocycles. The number of halogens is 1. The predicted molar refractivity (Wildman–Crippen MR) is 119 cm³/mol. The SMILES string of the molecule is Cc1ccc(S(=O)(=O)Nc2nc3ccccc3nc2Nc2cccc(Br)c2)cc1. The van der Waals surface area contributed by atoms with Gasteiger partial charge in [0, 0.05) is 10.2 Å². The summed E-state index contributed by atoms with van der Waals surface area (Å²) in [6.45, 7) is 1.90. The normalized spacial score (nSPS) is 11.4. The number of nitrogens with zero attached hydrogens (tertiary/aromatic N) is 2. The van der Waals surface area contributed by atoms with Crippen molar-refractivity contribution in [1.29, 1.82) is 0 Å². The highest BCUT2D eigenvalue weighted by atomic mass is 79.9. The molecule has 29 heavy (non-hydrogen) atoms. The van der Waals surface area contributed by atoms with Crippen LogP contribution in [0.4, 0.5) is 17.3 Å². The van der Waals surface area contributed by atoms with Crippen LogP contribution in [0.1, 0.15) is 5.56 Å². The zero-order valence-corrected chi connectivity index (χ0v) is 17.8. The molecule has 0 aliphatic carbocycles. The molecule has 0 unspecified atom stereocenters. The zero-order valence-electron chi connectivity index (χ0n) is 15.4. The van der Waals surface area contributed by atoms with E-state index in [0.717, 1.165) is 15.7 Å². The molecule has 0 bridgehead atoms. The summed E-state index contributed by atoms with van der Waals surface area (Å²) in [5.74, 6) is 0.446. The molecule has 8 heteroatoms. The van der Waals surface area contributed by atoms with Gasteiger partial charge in [0.1, 0.15) is 0 Å². The quantitative estimate of drug-likeness (QED) is 0.418. The first kappa shape index (κ1) is 19.4. The molecule has 1 aromatic heterocycles. The van der Waals surface area contributed by atoms with Crippen molar-refractivity contribution in [2.75, 3.05) is 10.0 Å². The monoisotopic (exact) mass is 468 g/mol. The Morgan fingerprint density at radius 2 is 1.48 bits per heavy atom. The van der Waals surface area contributed by atoms with Crippen LogP contribution in [0.3, 0.4) is 0 Å². The Labute approximate surface area is 177 Å². The number of sulfonamides is 1. The summed E-state index contributed by atoms with van der Waals surface area (Å²) in [6.07, 6.45) is 0. The lowest BCUT2D eigenvalue weighted by Gasteiger charge is -2.14. The highest BCUT2D eigenvalue weighted by Crippen LogP contribution is 2.28. The van der Waals surface area contributed by atoms with Crippen molar-refractivity contribution in [2.24, 2.45) is 0 Å². The number of nitrogens with one attached hydrogen (secondary N) is 2. The molecule has 0 atom stereocenters. The fourth-order valence-corrected chi connectivity index (χ4v) is 4.17. The van der Waals surface area contributed by atoms with Crippen LogP contribution in [0.2, 0.25) is 0 Å². The lowest BCUT2D eigenvalue weighted by Crippen LogP contribution is -2.16. The van der Waals surface area contributed by atoms with E-state index in [-0.39, 0.29) is 10.7 Å². The maximum atomic E-state index is 12.9. The van der Waals surface area contributed by atoms with Crippen LogP contribution in [0.15, 0.2) is 82.2 Å². The van der Waals surface area contributed by atoms with E-state index in [9.17, 15) is 8.42 Å². The lowest BCUT2D eigenvalue weighted by atomic mass is 10.2. The lowest BCUT2D eigenvalue weighted by molar-refractivity contribution is 0.601. The number of para-hydroxylation sites is 2. The highest BCUT2D eigenvalue weighted by molar-refractivity contribution is 9.10. The first-order chi connectivity index (χ1) is 13.9. The van der Waals surface area contributed by atoms with Gasteiger partial charge in [-0.25, -0.2) is 18.4 Å². The van der Waals surface area contributed by atoms with Gasteiger partial charge in [-0.2, -0.15) is 0 Å². The van der Waals surface area contributed by atoms with E-state index >= 15 is 0 Å². The molecular formula is C21H17BrN4O2S. The number of aromatic nitrogens is 2. The van der Waals surface area contributed by atoms with E-state index in [0.29, 0.717) is 16.9 Å². The summed E-state index contributed by atoms with van der Waals surface area (Å²) in [7, 11) is -3.82. The van der Waals surface area contributed by atoms with Gasteiger partial charge in [0.05, 0.1) is 15.9 Å². The summed E-state index contributed by atoms with van der Waals surface area (Å²) in [5.41, 5.74) is 2.98. The van der Waals surface area contributed by atoms with Crippen molar-refractivity contribution in [3.63, 3.8) is 0 Å². The molecule has 146 valence electrons. The molecule has 0 fully saturated rings.